The Morgan fingerprint density at radius 1 is 1.19 bits per heavy atom. The summed E-state index contributed by atoms with van der Waals surface area (Å²) in [5.74, 6) is 1.35. The first-order chi connectivity index (χ1) is 13.3. The lowest BCUT2D eigenvalue weighted by molar-refractivity contribution is -0.0648. The van der Waals surface area contributed by atoms with Gasteiger partial charge in [0.15, 0.2) is 0 Å². The third-order valence-corrected chi connectivity index (χ3v) is 5.77. The van der Waals surface area contributed by atoms with Crippen molar-refractivity contribution in [2.24, 2.45) is 5.92 Å². The van der Waals surface area contributed by atoms with Gasteiger partial charge in [-0.15, -0.1) is 0 Å². The van der Waals surface area contributed by atoms with Gasteiger partial charge in [0.05, 0.1) is 24.0 Å². The molecule has 1 atom stereocenters. The molecule has 2 aromatic heterocycles. The van der Waals surface area contributed by atoms with Crippen LogP contribution < -0.4 is 4.74 Å². The smallest absolute Gasteiger partial charge is 0.255 e. The first-order valence-electron chi connectivity index (χ1n) is 9.63. The highest BCUT2D eigenvalue weighted by Gasteiger charge is 2.46. The van der Waals surface area contributed by atoms with E-state index in [1.54, 1.807) is 30.9 Å². The highest BCUT2D eigenvalue weighted by molar-refractivity contribution is 5.93. The van der Waals surface area contributed by atoms with Crippen molar-refractivity contribution >= 4 is 5.91 Å². The quantitative estimate of drug-likeness (QED) is 0.813. The highest BCUT2D eigenvalue weighted by atomic mass is 16.5. The van der Waals surface area contributed by atoms with Crippen LogP contribution in [0, 0.1) is 5.92 Å². The third-order valence-electron chi connectivity index (χ3n) is 5.77. The Bertz CT molecular complexity index is 746. The summed E-state index contributed by atoms with van der Waals surface area (Å²) in [4.78, 5) is 22.7. The molecule has 1 amide bonds. The predicted molar refractivity (Wildman–Crippen MR) is 101 cm³/mol. The van der Waals surface area contributed by atoms with E-state index in [4.69, 9.17) is 9.47 Å². The Labute approximate surface area is 159 Å². The molecule has 2 aliphatic rings. The van der Waals surface area contributed by atoms with Crippen LogP contribution in [0.25, 0.3) is 0 Å². The van der Waals surface area contributed by atoms with E-state index in [2.05, 4.69) is 9.97 Å². The van der Waals surface area contributed by atoms with Crippen molar-refractivity contribution in [2.45, 2.75) is 31.3 Å². The van der Waals surface area contributed by atoms with Crippen LogP contribution in [0.4, 0.5) is 0 Å². The summed E-state index contributed by atoms with van der Waals surface area (Å²) in [6.07, 6.45) is 10.6. The zero-order valence-corrected chi connectivity index (χ0v) is 15.4. The van der Waals surface area contributed by atoms with E-state index in [1.807, 2.05) is 23.1 Å². The molecule has 2 aliphatic heterocycles. The van der Waals surface area contributed by atoms with Crippen LogP contribution in [0.5, 0.6) is 5.75 Å². The number of amides is 1. The molecular formula is C21H25N3O3. The van der Waals surface area contributed by atoms with Gasteiger partial charge >= 0.3 is 0 Å². The lowest BCUT2D eigenvalue weighted by atomic mass is 9.78. The summed E-state index contributed by atoms with van der Waals surface area (Å²) in [7, 11) is 0. The van der Waals surface area contributed by atoms with Crippen molar-refractivity contribution < 1.29 is 14.3 Å². The first-order valence-corrected chi connectivity index (χ1v) is 9.63. The Balaban J connectivity index is 1.31. The number of carbonyl (C=O) groups excluding carboxylic acids is 1. The summed E-state index contributed by atoms with van der Waals surface area (Å²) in [6.45, 7) is 2.93. The fourth-order valence-electron chi connectivity index (χ4n) is 4.26. The van der Waals surface area contributed by atoms with Gasteiger partial charge in [-0.3, -0.25) is 14.8 Å². The topological polar surface area (TPSA) is 64.6 Å². The standard InChI is InChI=1S/C21H25N3O3/c25-20(17-3-1-9-22-15-17)24-11-7-21(8-12-24)18(6-14-27-21)5-13-26-19-4-2-10-23-16-19/h1-4,9-10,15-16,18H,5-8,11-14H2. The number of ether oxygens (including phenoxy) is 2. The molecule has 0 radical (unpaired) electrons. The number of piperidine rings is 1. The molecule has 2 fully saturated rings. The summed E-state index contributed by atoms with van der Waals surface area (Å²) in [6, 6.07) is 7.43. The Hall–Kier alpha value is -2.47. The van der Waals surface area contributed by atoms with Gasteiger partial charge in [0.1, 0.15) is 5.75 Å². The van der Waals surface area contributed by atoms with Crippen LogP contribution in [-0.2, 0) is 4.74 Å². The van der Waals surface area contributed by atoms with Crippen molar-refractivity contribution in [2.75, 3.05) is 26.3 Å². The summed E-state index contributed by atoms with van der Waals surface area (Å²) < 4.78 is 12.0. The number of likely N-dealkylation sites (tertiary alicyclic amines) is 1. The zero-order chi connectivity index (χ0) is 18.5. The second-order valence-corrected chi connectivity index (χ2v) is 7.26. The van der Waals surface area contributed by atoms with Crippen molar-refractivity contribution in [1.29, 1.82) is 0 Å². The predicted octanol–water partition coefficient (Wildman–Crippen LogP) is 2.96. The molecule has 2 saturated heterocycles. The molecule has 6 nitrogen and oxygen atoms in total. The van der Waals surface area contributed by atoms with Crippen LogP contribution >= 0.6 is 0 Å². The third kappa shape index (κ3) is 3.95. The van der Waals surface area contributed by atoms with Gasteiger partial charge in [-0.1, -0.05) is 0 Å². The molecule has 4 heterocycles. The normalized spacial score (nSPS) is 21.3. The van der Waals surface area contributed by atoms with Crippen LogP contribution in [0.15, 0.2) is 49.1 Å². The van der Waals surface area contributed by atoms with E-state index in [0.29, 0.717) is 18.1 Å². The minimum Gasteiger partial charge on any atom is -0.492 e. The van der Waals surface area contributed by atoms with Crippen molar-refractivity contribution in [3.63, 3.8) is 0 Å². The number of aromatic nitrogens is 2. The molecule has 0 aliphatic carbocycles. The molecule has 1 unspecified atom stereocenters. The lowest BCUT2D eigenvalue weighted by Gasteiger charge is -2.42. The Kier molecular flexibility index (Phi) is 5.34. The number of carbonyl (C=O) groups is 1. The molecule has 2 aromatic rings. The summed E-state index contributed by atoms with van der Waals surface area (Å²) in [5.41, 5.74) is 0.548. The van der Waals surface area contributed by atoms with Crippen LogP contribution in [0.3, 0.4) is 0 Å². The van der Waals surface area contributed by atoms with E-state index in [1.165, 1.54) is 0 Å². The average Bonchev–Trinajstić information content (AvgIpc) is 3.11. The van der Waals surface area contributed by atoms with Crippen molar-refractivity contribution in [3.8, 4) is 5.75 Å². The van der Waals surface area contributed by atoms with Crippen molar-refractivity contribution in [1.82, 2.24) is 14.9 Å². The van der Waals surface area contributed by atoms with Gasteiger partial charge in [0.2, 0.25) is 0 Å². The number of rotatable bonds is 5. The maximum atomic E-state index is 12.6. The Morgan fingerprint density at radius 3 is 2.67 bits per heavy atom. The molecular weight excluding hydrogens is 342 g/mol. The first kappa shape index (κ1) is 17.9. The van der Waals surface area contributed by atoms with Gasteiger partial charge in [0.25, 0.3) is 5.91 Å². The van der Waals surface area contributed by atoms with Gasteiger partial charge in [-0.25, -0.2) is 0 Å². The largest absolute Gasteiger partial charge is 0.492 e. The monoisotopic (exact) mass is 367 g/mol. The number of hydrogen-bond acceptors (Lipinski definition) is 5. The highest BCUT2D eigenvalue weighted by Crippen LogP contribution is 2.42. The number of hydrogen-bond donors (Lipinski definition) is 0. The second kappa shape index (κ2) is 8.05. The number of nitrogens with zero attached hydrogens (tertiary/aromatic N) is 3. The van der Waals surface area contributed by atoms with E-state index >= 15 is 0 Å². The van der Waals surface area contributed by atoms with Crippen LogP contribution in [0.2, 0.25) is 0 Å². The van der Waals surface area contributed by atoms with Crippen molar-refractivity contribution in [3.05, 3.63) is 54.6 Å². The molecule has 6 heteroatoms. The molecule has 142 valence electrons. The molecule has 0 saturated carbocycles. The molecule has 0 aromatic carbocycles. The van der Waals surface area contributed by atoms with Crippen LogP contribution in [-0.4, -0.2) is 52.7 Å². The minimum atomic E-state index is -0.107. The van der Waals surface area contributed by atoms with Gasteiger partial charge in [0, 0.05) is 38.3 Å². The molecule has 27 heavy (non-hydrogen) atoms. The SMILES string of the molecule is O=C(c1cccnc1)N1CCC2(CC1)OCCC2CCOc1cccnc1. The fourth-order valence-corrected chi connectivity index (χ4v) is 4.26. The molecule has 4 rings (SSSR count). The average molecular weight is 367 g/mol. The second-order valence-electron chi connectivity index (χ2n) is 7.26. The molecule has 0 N–H and O–H groups in total. The fraction of sp³-hybridized carbons (Fsp3) is 0.476. The van der Waals surface area contributed by atoms with Gasteiger partial charge in [-0.2, -0.15) is 0 Å². The van der Waals surface area contributed by atoms with E-state index in [9.17, 15) is 4.79 Å². The van der Waals surface area contributed by atoms with Crippen LogP contribution in [0.1, 0.15) is 36.0 Å². The molecule has 1 spiro atoms. The molecule has 0 bridgehead atoms. The summed E-state index contributed by atoms with van der Waals surface area (Å²) >= 11 is 0. The Morgan fingerprint density at radius 2 is 1.96 bits per heavy atom. The van der Waals surface area contributed by atoms with E-state index in [-0.39, 0.29) is 11.5 Å². The number of pyridine rings is 2. The lowest BCUT2D eigenvalue weighted by Crippen LogP contribution is -2.49. The van der Waals surface area contributed by atoms with Gasteiger partial charge < -0.3 is 14.4 Å². The maximum Gasteiger partial charge on any atom is 0.255 e. The zero-order valence-electron chi connectivity index (χ0n) is 15.4. The van der Waals surface area contributed by atoms with E-state index < -0.39 is 0 Å². The van der Waals surface area contributed by atoms with E-state index in [0.717, 1.165) is 51.1 Å². The minimum absolute atomic E-state index is 0.0624. The van der Waals surface area contributed by atoms with Gasteiger partial charge in [-0.05, 0) is 55.9 Å². The summed E-state index contributed by atoms with van der Waals surface area (Å²) in [5, 5.41) is 0. The maximum absolute atomic E-state index is 12.6.